The first-order valence-corrected chi connectivity index (χ1v) is 14.8. The van der Waals surface area contributed by atoms with Crippen LogP contribution in [0.1, 0.15) is 0 Å². The van der Waals surface area contributed by atoms with Gasteiger partial charge < -0.3 is 8.83 Å². The Morgan fingerprint density at radius 1 is 0.395 bits per heavy atom. The van der Waals surface area contributed by atoms with E-state index in [9.17, 15) is 9.59 Å². The molecule has 4 nitrogen and oxygen atoms in total. The number of benzene rings is 6. The van der Waals surface area contributed by atoms with E-state index in [1.165, 1.54) is 0 Å². The summed E-state index contributed by atoms with van der Waals surface area (Å²) in [6, 6.07) is 39.1. The van der Waals surface area contributed by atoms with Crippen molar-refractivity contribution in [2.75, 3.05) is 0 Å². The van der Waals surface area contributed by atoms with Crippen LogP contribution < -0.4 is 10.9 Å². The third-order valence-electron chi connectivity index (χ3n) is 8.30. The fraction of sp³-hybridized carbons (Fsp3) is 0. The van der Waals surface area contributed by atoms with Crippen molar-refractivity contribution in [3.05, 3.63) is 142 Å². The average Bonchev–Trinajstić information content (AvgIpc) is 3.44. The first-order valence-electron chi connectivity index (χ1n) is 14.0. The molecule has 0 fully saturated rings. The smallest absolute Gasteiger partial charge is 0.200 e. The standard InChI is InChI=1S/C38H20O4S/c39-35-27-7-1-4-14-32(27)42-34-20-22(15-17-29(34)35)24-10-6-12-26-25-11-5-9-23(37(25)43-38(24)26)21-16-18-33-30(19-21)36(40)28-8-2-3-13-31(28)41-33/h1-20H. The molecule has 0 radical (unpaired) electrons. The summed E-state index contributed by atoms with van der Waals surface area (Å²) in [5.74, 6) is 0. The second-order valence-corrected chi connectivity index (χ2v) is 11.8. The molecule has 0 atom stereocenters. The Balaban J connectivity index is 1.25. The van der Waals surface area contributed by atoms with Gasteiger partial charge in [0.15, 0.2) is 0 Å². The van der Waals surface area contributed by atoms with E-state index < -0.39 is 0 Å². The van der Waals surface area contributed by atoms with E-state index >= 15 is 0 Å². The van der Waals surface area contributed by atoms with Gasteiger partial charge in [-0.05, 0) is 70.8 Å². The minimum absolute atomic E-state index is 0.0227. The molecule has 0 aliphatic heterocycles. The zero-order chi connectivity index (χ0) is 28.7. The zero-order valence-corrected chi connectivity index (χ0v) is 23.4. The lowest BCUT2D eigenvalue weighted by Crippen LogP contribution is -2.01. The predicted molar refractivity (Wildman–Crippen MR) is 177 cm³/mol. The van der Waals surface area contributed by atoms with E-state index in [-0.39, 0.29) is 10.9 Å². The average molecular weight is 573 g/mol. The van der Waals surface area contributed by atoms with Crippen LogP contribution in [0.2, 0.25) is 0 Å². The highest BCUT2D eigenvalue weighted by atomic mass is 32.1. The van der Waals surface area contributed by atoms with Gasteiger partial charge in [0.1, 0.15) is 22.3 Å². The molecule has 5 heteroatoms. The molecular formula is C38H20O4S. The first kappa shape index (κ1) is 24.1. The number of hydrogen-bond acceptors (Lipinski definition) is 5. The molecule has 0 unspecified atom stereocenters. The van der Waals surface area contributed by atoms with Gasteiger partial charge in [0, 0.05) is 20.2 Å². The van der Waals surface area contributed by atoms with Gasteiger partial charge in [0.25, 0.3) is 0 Å². The van der Waals surface area contributed by atoms with E-state index in [1.807, 2.05) is 78.9 Å². The van der Waals surface area contributed by atoms with Gasteiger partial charge in [0.2, 0.25) is 10.9 Å². The van der Waals surface area contributed by atoms with Crippen LogP contribution in [0.15, 0.2) is 140 Å². The maximum absolute atomic E-state index is 13.4. The number of hydrogen-bond donors (Lipinski definition) is 0. The highest BCUT2D eigenvalue weighted by Gasteiger charge is 2.16. The number of para-hydroxylation sites is 2. The van der Waals surface area contributed by atoms with Crippen molar-refractivity contribution in [3.8, 4) is 22.3 Å². The normalized spacial score (nSPS) is 11.9. The Labute approximate surface area is 247 Å². The molecule has 3 heterocycles. The van der Waals surface area contributed by atoms with E-state index in [1.54, 1.807) is 17.4 Å². The number of thiophene rings is 1. The van der Waals surface area contributed by atoms with Gasteiger partial charge in [-0.25, -0.2) is 0 Å². The summed E-state index contributed by atoms with van der Waals surface area (Å²) >= 11 is 1.73. The zero-order valence-electron chi connectivity index (χ0n) is 22.6. The summed E-state index contributed by atoms with van der Waals surface area (Å²) in [6.07, 6.45) is 0. The quantitative estimate of drug-likeness (QED) is 0.193. The minimum Gasteiger partial charge on any atom is -0.456 e. The van der Waals surface area contributed by atoms with Crippen molar-refractivity contribution in [2.24, 2.45) is 0 Å². The largest absolute Gasteiger partial charge is 0.456 e. The van der Waals surface area contributed by atoms with Crippen molar-refractivity contribution in [2.45, 2.75) is 0 Å². The van der Waals surface area contributed by atoms with Crippen LogP contribution in [0.25, 0.3) is 86.3 Å². The van der Waals surface area contributed by atoms with Gasteiger partial charge >= 0.3 is 0 Å². The minimum atomic E-state index is -0.0276. The van der Waals surface area contributed by atoms with E-state index in [4.69, 9.17) is 8.83 Å². The molecule has 0 spiro atoms. The Hall–Kier alpha value is -5.52. The molecule has 202 valence electrons. The summed E-state index contributed by atoms with van der Waals surface area (Å²) in [7, 11) is 0. The maximum Gasteiger partial charge on any atom is 0.200 e. The second-order valence-electron chi connectivity index (χ2n) is 10.7. The van der Waals surface area contributed by atoms with Gasteiger partial charge in [-0.2, -0.15) is 0 Å². The molecule has 9 aromatic rings. The topological polar surface area (TPSA) is 60.4 Å². The monoisotopic (exact) mass is 572 g/mol. The third-order valence-corrected chi connectivity index (χ3v) is 9.59. The molecule has 6 aromatic carbocycles. The third kappa shape index (κ3) is 3.55. The number of fused-ring (bicyclic) bond motifs is 7. The summed E-state index contributed by atoms with van der Waals surface area (Å²) < 4.78 is 14.5. The molecule has 43 heavy (non-hydrogen) atoms. The summed E-state index contributed by atoms with van der Waals surface area (Å²) in [6.45, 7) is 0. The van der Waals surface area contributed by atoms with E-state index in [2.05, 4.69) is 36.4 Å². The second kappa shape index (κ2) is 8.99. The molecule has 9 rings (SSSR count). The molecule has 0 amide bonds. The van der Waals surface area contributed by atoms with Crippen LogP contribution in [0.3, 0.4) is 0 Å². The van der Waals surface area contributed by atoms with Crippen molar-refractivity contribution in [3.63, 3.8) is 0 Å². The Morgan fingerprint density at radius 3 is 1.56 bits per heavy atom. The van der Waals surface area contributed by atoms with Crippen LogP contribution in [0.4, 0.5) is 0 Å². The first-order chi connectivity index (χ1) is 21.1. The Kier molecular flexibility index (Phi) is 5.04. The molecule has 0 saturated carbocycles. The summed E-state index contributed by atoms with van der Waals surface area (Å²) in [5, 5.41) is 4.62. The van der Waals surface area contributed by atoms with Gasteiger partial charge in [-0.1, -0.05) is 72.8 Å². The van der Waals surface area contributed by atoms with Gasteiger partial charge in [-0.3, -0.25) is 9.59 Å². The predicted octanol–water partition coefficient (Wildman–Crippen LogP) is 9.91. The van der Waals surface area contributed by atoms with Crippen LogP contribution >= 0.6 is 11.3 Å². The van der Waals surface area contributed by atoms with Gasteiger partial charge in [0.05, 0.1) is 21.5 Å². The number of rotatable bonds is 2. The highest BCUT2D eigenvalue weighted by molar-refractivity contribution is 7.26. The Morgan fingerprint density at radius 2 is 0.884 bits per heavy atom. The van der Waals surface area contributed by atoms with Crippen LogP contribution in [0, 0.1) is 0 Å². The molecular weight excluding hydrogens is 552 g/mol. The lowest BCUT2D eigenvalue weighted by Gasteiger charge is -2.06. The molecule has 0 aliphatic carbocycles. The van der Waals surface area contributed by atoms with Crippen LogP contribution in [0.5, 0.6) is 0 Å². The van der Waals surface area contributed by atoms with E-state index in [0.717, 1.165) is 42.4 Å². The molecule has 3 aromatic heterocycles. The van der Waals surface area contributed by atoms with E-state index in [0.29, 0.717) is 43.9 Å². The van der Waals surface area contributed by atoms with Gasteiger partial charge in [-0.15, -0.1) is 11.3 Å². The SMILES string of the molecule is O=c1c2ccccc2oc2cc(-c3cccc4c3sc3c(-c5ccc6oc7ccccc7c(=O)c6c5)cccc34)ccc12. The van der Waals surface area contributed by atoms with Crippen molar-refractivity contribution < 1.29 is 8.83 Å². The lowest BCUT2D eigenvalue weighted by atomic mass is 9.99. The lowest BCUT2D eigenvalue weighted by molar-refractivity contribution is 0.659. The highest BCUT2D eigenvalue weighted by Crippen LogP contribution is 2.44. The fourth-order valence-electron chi connectivity index (χ4n) is 6.21. The molecule has 0 saturated heterocycles. The van der Waals surface area contributed by atoms with Crippen molar-refractivity contribution in [1.82, 2.24) is 0 Å². The molecule has 0 bridgehead atoms. The molecule has 0 aliphatic rings. The summed E-state index contributed by atoms with van der Waals surface area (Å²) in [5.41, 5.74) is 6.37. The summed E-state index contributed by atoms with van der Waals surface area (Å²) in [4.78, 5) is 26.5. The maximum atomic E-state index is 13.4. The molecule has 0 N–H and O–H groups in total. The fourth-order valence-corrected chi connectivity index (χ4v) is 7.59. The van der Waals surface area contributed by atoms with Crippen molar-refractivity contribution >= 4 is 75.4 Å². The van der Waals surface area contributed by atoms with Crippen molar-refractivity contribution in [1.29, 1.82) is 0 Å². The van der Waals surface area contributed by atoms with Crippen LogP contribution in [-0.4, -0.2) is 0 Å². The van der Waals surface area contributed by atoms with Crippen LogP contribution in [-0.2, 0) is 0 Å². The Bertz CT molecular complexity index is 2730.